The minimum Gasteiger partial charge on any atom is -0.353 e. The summed E-state index contributed by atoms with van der Waals surface area (Å²) in [5.74, 6) is 0.0227. The maximum Gasteiger partial charge on any atom is 0.242 e. The van der Waals surface area contributed by atoms with Gasteiger partial charge in [0.25, 0.3) is 0 Å². The molecule has 1 aromatic heterocycles. The minimum absolute atomic E-state index is 0.00760. The van der Waals surface area contributed by atoms with Crippen LogP contribution in [0.15, 0.2) is 48.7 Å². The molecule has 0 aliphatic carbocycles. The van der Waals surface area contributed by atoms with Crippen LogP contribution in [0.3, 0.4) is 0 Å². The SMILES string of the molecule is CCCCN(Cc1cccn1C)C(=O)CN(C(=O)Cc1ccccc1)C(C)CC. The number of carbonyl (C=O) groups is 2. The Hall–Kier alpha value is -2.56. The predicted octanol–water partition coefficient (Wildman–Crippen LogP) is 4.02. The molecule has 0 bridgehead atoms. The third-order valence-electron chi connectivity index (χ3n) is 5.49. The number of rotatable bonds is 11. The van der Waals surface area contributed by atoms with Gasteiger partial charge < -0.3 is 14.4 Å². The van der Waals surface area contributed by atoms with Gasteiger partial charge in [-0.1, -0.05) is 50.6 Å². The molecule has 0 N–H and O–H groups in total. The van der Waals surface area contributed by atoms with Crippen LogP contribution in [0.5, 0.6) is 0 Å². The van der Waals surface area contributed by atoms with Gasteiger partial charge >= 0.3 is 0 Å². The highest BCUT2D eigenvalue weighted by molar-refractivity contribution is 5.86. The summed E-state index contributed by atoms with van der Waals surface area (Å²) in [6.07, 6.45) is 5.12. The molecule has 2 rings (SSSR count). The molecule has 0 saturated carbocycles. The first-order valence-corrected chi connectivity index (χ1v) is 10.7. The van der Waals surface area contributed by atoms with E-state index < -0.39 is 0 Å². The summed E-state index contributed by atoms with van der Waals surface area (Å²) in [7, 11) is 1.99. The molecule has 5 nitrogen and oxygen atoms in total. The maximum atomic E-state index is 13.2. The van der Waals surface area contributed by atoms with E-state index >= 15 is 0 Å². The molecule has 1 heterocycles. The number of hydrogen-bond acceptors (Lipinski definition) is 2. The first-order valence-electron chi connectivity index (χ1n) is 10.7. The Bertz CT molecular complexity index is 769. The third kappa shape index (κ3) is 6.77. The van der Waals surface area contributed by atoms with Crippen molar-refractivity contribution in [2.75, 3.05) is 13.1 Å². The van der Waals surface area contributed by atoms with Crippen LogP contribution in [0.25, 0.3) is 0 Å². The van der Waals surface area contributed by atoms with Crippen LogP contribution in [-0.4, -0.2) is 45.3 Å². The Morgan fingerprint density at radius 1 is 1.03 bits per heavy atom. The topological polar surface area (TPSA) is 45.6 Å². The van der Waals surface area contributed by atoms with Crippen LogP contribution in [0.4, 0.5) is 0 Å². The Labute approximate surface area is 175 Å². The summed E-state index contributed by atoms with van der Waals surface area (Å²) in [6.45, 7) is 7.61. The van der Waals surface area contributed by atoms with Gasteiger partial charge in [0.1, 0.15) is 6.54 Å². The van der Waals surface area contributed by atoms with E-state index in [4.69, 9.17) is 0 Å². The number of amides is 2. The van der Waals surface area contributed by atoms with Gasteiger partial charge in [-0.2, -0.15) is 0 Å². The summed E-state index contributed by atoms with van der Waals surface area (Å²) in [5, 5.41) is 0. The Morgan fingerprint density at radius 3 is 2.34 bits per heavy atom. The average Bonchev–Trinajstić information content (AvgIpc) is 3.13. The molecule has 0 aliphatic heterocycles. The van der Waals surface area contributed by atoms with Crippen LogP contribution in [-0.2, 0) is 29.6 Å². The van der Waals surface area contributed by atoms with E-state index in [0.717, 1.165) is 30.5 Å². The summed E-state index contributed by atoms with van der Waals surface area (Å²) < 4.78 is 2.04. The highest BCUT2D eigenvalue weighted by atomic mass is 16.2. The van der Waals surface area contributed by atoms with Crippen molar-refractivity contribution in [3.8, 4) is 0 Å². The van der Waals surface area contributed by atoms with Gasteiger partial charge in [-0.3, -0.25) is 9.59 Å². The van der Waals surface area contributed by atoms with E-state index in [1.807, 2.05) is 72.1 Å². The standard InChI is InChI=1S/C24H35N3O2/c1-5-7-16-26(18-22-14-11-15-25(22)4)24(29)19-27(20(3)6-2)23(28)17-21-12-9-8-10-13-21/h8-15,20H,5-7,16-19H2,1-4H3. The van der Waals surface area contributed by atoms with E-state index in [9.17, 15) is 9.59 Å². The molecule has 1 aromatic carbocycles. The van der Waals surface area contributed by atoms with Crippen molar-refractivity contribution in [1.29, 1.82) is 0 Å². The molecule has 5 heteroatoms. The second-order valence-corrected chi connectivity index (χ2v) is 7.72. The Balaban J connectivity index is 2.12. The summed E-state index contributed by atoms with van der Waals surface area (Å²) >= 11 is 0. The van der Waals surface area contributed by atoms with E-state index in [1.54, 1.807) is 4.90 Å². The van der Waals surface area contributed by atoms with Crippen LogP contribution >= 0.6 is 0 Å². The van der Waals surface area contributed by atoms with Gasteiger partial charge in [-0.05, 0) is 37.5 Å². The van der Waals surface area contributed by atoms with Crippen LogP contribution in [0.2, 0.25) is 0 Å². The highest BCUT2D eigenvalue weighted by Gasteiger charge is 2.25. The molecule has 0 saturated heterocycles. The van der Waals surface area contributed by atoms with Crippen molar-refractivity contribution in [3.63, 3.8) is 0 Å². The largest absolute Gasteiger partial charge is 0.353 e. The number of aromatic nitrogens is 1. The number of hydrogen-bond donors (Lipinski definition) is 0. The van der Waals surface area contributed by atoms with Gasteiger partial charge in [0.05, 0.1) is 13.0 Å². The lowest BCUT2D eigenvalue weighted by Gasteiger charge is -2.31. The van der Waals surface area contributed by atoms with Crippen LogP contribution in [0, 0.1) is 0 Å². The number of benzene rings is 1. The van der Waals surface area contributed by atoms with Crippen molar-refractivity contribution in [3.05, 3.63) is 59.9 Å². The molecule has 29 heavy (non-hydrogen) atoms. The van der Waals surface area contributed by atoms with Crippen molar-refractivity contribution in [1.82, 2.24) is 14.4 Å². The molecule has 1 unspecified atom stereocenters. The van der Waals surface area contributed by atoms with Crippen molar-refractivity contribution >= 4 is 11.8 Å². The lowest BCUT2D eigenvalue weighted by Crippen LogP contribution is -2.47. The summed E-state index contributed by atoms with van der Waals surface area (Å²) in [4.78, 5) is 29.8. The third-order valence-corrected chi connectivity index (χ3v) is 5.49. The molecule has 0 fully saturated rings. The molecule has 158 valence electrons. The zero-order chi connectivity index (χ0) is 21.2. The first-order chi connectivity index (χ1) is 14.0. The number of nitrogens with zero attached hydrogens (tertiary/aromatic N) is 3. The van der Waals surface area contributed by atoms with Crippen molar-refractivity contribution in [2.45, 2.75) is 59.0 Å². The highest BCUT2D eigenvalue weighted by Crippen LogP contribution is 2.12. The molecular formula is C24H35N3O2. The summed E-state index contributed by atoms with van der Waals surface area (Å²) in [5.41, 5.74) is 2.07. The van der Waals surface area contributed by atoms with Gasteiger partial charge in [-0.15, -0.1) is 0 Å². The van der Waals surface area contributed by atoms with Crippen molar-refractivity contribution < 1.29 is 9.59 Å². The molecular weight excluding hydrogens is 362 g/mol. The molecule has 1 atom stereocenters. The smallest absolute Gasteiger partial charge is 0.242 e. The van der Waals surface area contributed by atoms with E-state index in [1.165, 1.54) is 0 Å². The fraction of sp³-hybridized carbons (Fsp3) is 0.500. The monoisotopic (exact) mass is 397 g/mol. The fourth-order valence-electron chi connectivity index (χ4n) is 3.33. The summed E-state index contributed by atoms with van der Waals surface area (Å²) in [6, 6.07) is 13.8. The fourth-order valence-corrected chi connectivity index (χ4v) is 3.33. The first kappa shape index (κ1) is 22.7. The molecule has 0 radical (unpaired) electrons. The minimum atomic E-state index is 0.00760. The average molecular weight is 398 g/mol. The number of carbonyl (C=O) groups excluding carboxylic acids is 2. The van der Waals surface area contributed by atoms with E-state index in [-0.39, 0.29) is 24.4 Å². The van der Waals surface area contributed by atoms with E-state index in [0.29, 0.717) is 19.5 Å². The molecule has 2 aromatic rings. The number of unbranched alkanes of at least 4 members (excludes halogenated alkanes) is 1. The maximum absolute atomic E-state index is 13.2. The lowest BCUT2D eigenvalue weighted by molar-refractivity contribution is -0.142. The van der Waals surface area contributed by atoms with Gasteiger partial charge in [0, 0.05) is 31.5 Å². The predicted molar refractivity (Wildman–Crippen MR) is 117 cm³/mol. The van der Waals surface area contributed by atoms with Gasteiger partial charge in [0.2, 0.25) is 11.8 Å². The second-order valence-electron chi connectivity index (χ2n) is 7.72. The van der Waals surface area contributed by atoms with Gasteiger partial charge in [0.15, 0.2) is 0 Å². The molecule has 2 amide bonds. The van der Waals surface area contributed by atoms with Crippen LogP contribution < -0.4 is 0 Å². The second kappa shape index (κ2) is 11.4. The lowest BCUT2D eigenvalue weighted by atomic mass is 10.1. The zero-order valence-corrected chi connectivity index (χ0v) is 18.3. The molecule has 0 aliphatic rings. The van der Waals surface area contributed by atoms with Crippen LogP contribution in [0.1, 0.15) is 51.3 Å². The normalized spacial score (nSPS) is 11.9. The van der Waals surface area contributed by atoms with Crippen molar-refractivity contribution in [2.24, 2.45) is 7.05 Å². The molecule has 0 spiro atoms. The van der Waals surface area contributed by atoms with Gasteiger partial charge in [-0.25, -0.2) is 0 Å². The quantitative estimate of drug-likeness (QED) is 0.575. The Kier molecular flexibility index (Phi) is 8.97. The van der Waals surface area contributed by atoms with E-state index in [2.05, 4.69) is 13.8 Å². The number of aryl methyl sites for hydroxylation is 1. The Morgan fingerprint density at radius 2 is 1.76 bits per heavy atom. The zero-order valence-electron chi connectivity index (χ0n) is 18.3.